The van der Waals surface area contributed by atoms with Gasteiger partial charge in [-0.15, -0.1) is 11.8 Å². The second-order valence-corrected chi connectivity index (χ2v) is 8.20. The number of amides is 2. The van der Waals surface area contributed by atoms with Gasteiger partial charge in [-0.25, -0.2) is 0 Å². The van der Waals surface area contributed by atoms with Gasteiger partial charge in [-0.05, 0) is 51.4 Å². The summed E-state index contributed by atoms with van der Waals surface area (Å²) >= 11 is 1.57. The van der Waals surface area contributed by atoms with E-state index < -0.39 is 4.75 Å². The van der Waals surface area contributed by atoms with E-state index in [1.807, 2.05) is 13.8 Å². The second kappa shape index (κ2) is 4.69. The second-order valence-electron chi connectivity index (χ2n) is 6.56. The fourth-order valence-electron chi connectivity index (χ4n) is 2.67. The first-order valence-corrected chi connectivity index (χ1v) is 8.21. The van der Waals surface area contributed by atoms with E-state index in [4.69, 9.17) is 0 Å². The van der Waals surface area contributed by atoms with E-state index in [1.54, 1.807) is 11.8 Å². The summed E-state index contributed by atoms with van der Waals surface area (Å²) in [5.74, 6) is 2.05. The molecule has 3 rings (SSSR count). The first-order chi connectivity index (χ1) is 8.97. The fraction of sp³-hybridized carbons (Fsp3) is 0.857. The van der Waals surface area contributed by atoms with Crippen LogP contribution in [0.5, 0.6) is 0 Å². The zero-order valence-corrected chi connectivity index (χ0v) is 12.4. The Bertz CT molecular complexity index is 390. The monoisotopic (exact) mass is 282 g/mol. The molecular weight excluding hydrogens is 260 g/mol. The topological polar surface area (TPSA) is 58.2 Å². The molecule has 2 N–H and O–H groups in total. The molecule has 5 heteroatoms. The van der Waals surface area contributed by atoms with Crippen molar-refractivity contribution in [3.63, 3.8) is 0 Å². The summed E-state index contributed by atoms with van der Waals surface area (Å²) < 4.78 is -0.414. The lowest BCUT2D eigenvalue weighted by atomic mass is 10.1. The lowest BCUT2D eigenvalue weighted by Gasteiger charge is -2.33. The molecule has 2 aliphatic carbocycles. The normalized spacial score (nSPS) is 30.1. The van der Waals surface area contributed by atoms with Crippen molar-refractivity contribution in [2.24, 2.45) is 11.8 Å². The molecule has 0 aromatic carbocycles. The molecule has 106 valence electrons. The highest BCUT2D eigenvalue weighted by molar-refractivity contribution is 8.01. The maximum Gasteiger partial charge on any atom is 0.243 e. The molecule has 2 amide bonds. The maximum absolute atomic E-state index is 12.3. The standard InChI is InChI=1S/C14H22N2O2S/c1-14(2)13(18)15-10(7-19-14)12(17)16-11(8-3-4-8)9-5-6-9/h8-11H,3-7H2,1-2H3,(H,15,18)(H,16,17). The quantitative estimate of drug-likeness (QED) is 0.817. The highest BCUT2D eigenvalue weighted by Crippen LogP contribution is 2.44. The van der Waals surface area contributed by atoms with Crippen molar-refractivity contribution in [2.75, 3.05) is 5.75 Å². The summed E-state index contributed by atoms with van der Waals surface area (Å²) in [5.41, 5.74) is 0. The van der Waals surface area contributed by atoms with Crippen molar-refractivity contribution < 1.29 is 9.59 Å². The molecule has 0 bridgehead atoms. The minimum Gasteiger partial charge on any atom is -0.351 e. The Kier molecular flexibility index (Phi) is 3.28. The third-order valence-corrected chi connectivity index (χ3v) is 5.76. The van der Waals surface area contributed by atoms with E-state index in [0.717, 1.165) is 0 Å². The molecular formula is C14H22N2O2S. The molecule has 0 spiro atoms. The highest BCUT2D eigenvalue weighted by atomic mass is 32.2. The molecule has 0 aromatic rings. The zero-order chi connectivity index (χ0) is 13.6. The molecule has 0 radical (unpaired) electrons. The summed E-state index contributed by atoms with van der Waals surface area (Å²) in [6.45, 7) is 3.80. The number of carbonyl (C=O) groups is 2. The van der Waals surface area contributed by atoms with Crippen LogP contribution < -0.4 is 10.6 Å². The number of nitrogens with one attached hydrogen (secondary N) is 2. The molecule has 3 fully saturated rings. The van der Waals surface area contributed by atoms with Crippen molar-refractivity contribution in [1.82, 2.24) is 10.6 Å². The Labute approximate surface area is 118 Å². The molecule has 1 unspecified atom stereocenters. The number of hydrogen-bond donors (Lipinski definition) is 2. The predicted molar refractivity (Wildman–Crippen MR) is 75.8 cm³/mol. The van der Waals surface area contributed by atoms with E-state index in [-0.39, 0.29) is 17.9 Å². The smallest absolute Gasteiger partial charge is 0.243 e. The van der Waals surface area contributed by atoms with Gasteiger partial charge >= 0.3 is 0 Å². The third-order valence-electron chi connectivity index (χ3n) is 4.35. The lowest BCUT2D eigenvalue weighted by molar-refractivity contribution is -0.130. The van der Waals surface area contributed by atoms with Crippen molar-refractivity contribution in [3.8, 4) is 0 Å². The Balaban J connectivity index is 1.57. The summed E-state index contributed by atoms with van der Waals surface area (Å²) in [7, 11) is 0. The minimum atomic E-state index is -0.414. The fourth-order valence-corrected chi connectivity index (χ4v) is 3.68. The average molecular weight is 282 g/mol. The van der Waals surface area contributed by atoms with Gasteiger partial charge in [-0.2, -0.15) is 0 Å². The van der Waals surface area contributed by atoms with E-state index in [0.29, 0.717) is 23.6 Å². The Hall–Kier alpha value is -0.710. The molecule has 1 aliphatic heterocycles. The molecule has 3 aliphatic rings. The van der Waals surface area contributed by atoms with Crippen LogP contribution in [-0.4, -0.2) is 34.4 Å². The van der Waals surface area contributed by atoms with Gasteiger partial charge in [0.1, 0.15) is 6.04 Å². The Morgan fingerprint density at radius 1 is 1.32 bits per heavy atom. The molecule has 0 aromatic heterocycles. The molecule has 19 heavy (non-hydrogen) atoms. The van der Waals surface area contributed by atoms with Crippen LogP contribution in [0.15, 0.2) is 0 Å². The molecule has 4 nitrogen and oxygen atoms in total. The molecule has 1 atom stereocenters. The van der Waals surface area contributed by atoms with Gasteiger partial charge in [0.25, 0.3) is 0 Å². The summed E-state index contributed by atoms with van der Waals surface area (Å²) in [4.78, 5) is 24.2. The number of rotatable bonds is 4. The van der Waals surface area contributed by atoms with Crippen molar-refractivity contribution in [3.05, 3.63) is 0 Å². The summed E-state index contributed by atoms with van der Waals surface area (Å²) in [5, 5.41) is 6.05. The van der Waals surface area contributed by atoms with Crippen LogP contribution in [0.25, 0.3) is 0 Å². The van der Waals surface area contributed by atoms with Crippen molar-refractivity contribution >= 4 is 23.6 Å². The number of hydrogen-bond acceptors (Lipinski definition) is 3. The van der Waals surface area contributed by atoms with Crippen molar-refractivity contribution in [1.29, 1.82) is 0 Å². The number of thioether (sulfide) groups is 1. The van der Waals surface area contributed by atoms with Crippen LogP contribution in [0.2, 0.25) is 0 Å². The Morgan fingerprint density at radius 2 is 1.89 bits per heavy atom. The van der Waals surface area contributed by atoms with Gasteiger partial charge in [0.05, 0.1) is 4.75 Å². The van der Waals surface area contributed by atoms with Gasteiger partial charge in [-0.3, -0.25) is 9.59 Å². The van der Waals surface area contributed by atoms with E-state index in [1.165, 1.54) is 25.7 Å². The SMILES string of the molecule is CC1(C)SCC(C(=O)NC(C2CC2)C2CC2)NC1=O. The van der Waals surface area contributed by atoms with E-state index in [9.17, 15) is 9.59 Å². The van der Waals surface area contributed by atoms with E-state index in [2.05, 4.69) is 10.6 Å². The van der Waals surface area contributed by atoms with Crippen LogP contribution in [0.4, 0.5) is 0 Å². The first-order valence-electron chi connectivity index (χ1n) is 7.22. The van der Waals surface area contributed by atoms with Gasteiger partial charge in [0.15, 0.2) is 0 Å². The lowest BCUT2D eigenvalue weighted by Crippen LogP contribution is -2.58. The summed E-state index contributed by atoms with van der Waals surface area (Å²) in [6, 6.07) is 0.00913. The predicted octanol–water partition coefficient (Wildman–Crippen LogP) is 1.30. The highest BCUT2D eigenvalue weighted by Gasteiger charge is 2.44. The number of carbonyl (C=O) groups excluding carboxylic acids is 2. The Morgan fingerprint density at radius 3 is 2.37 bits per heavy atom. The van der Waals surface area contributed by atoms with Crippen LogP contribution in [-0.2, 0) is 9.59 Å². The largest absolute Gasteiger partial charge is 0.351 e. The van der Waals surface area contributed by atoms with Gasteiger partial charge in [-0.1, -0.05) is 0 Å². The van der Waals surface area contributed by atoms with Gasteiger partial charge < -0.3 is 10.6 Å². The third kappa shape index (κ3) is 2.91. The minimum absolute atomic E-state index is 0.0140. The first kappa shape index (κ1) is 13.3. The van der Waals surface area contributed by atoms with E-state index >= 15 is 0 Å². The van der Waals surface area contributed by atoms with Crippen LogP contribution in [0.3, 0.4) is 0 Å². The molecule has 1 heterocycles. The van der Waals surface area contributed by atoms with Crippen LogP contribution >= 0.6 is 11.8 Å². The van der Waals surface area contributed by atoms with Crippen LogP contribution in [0.1, 0.15) is 39.5 Å². The van der Waals surface area contributed by atoms with Crippen molar-refractivity contribution in [2.45, 2.75) is 56.4 Å². The average Bonchev–Trinajstić information content (AvgIpc) is 3.22. The summed E-state index contributed by atoms with van der Waals surface area (Å²) in [6.07, 6.45) is 5.00. The van der Waals surface area contributed by atoms with Gasteiger partial charge in [0.2, 0.25) is 11.8 Å². The molecule has 1 saturated heterocycles. The molecule has 2 saturated carbocycles. The van der Waals surface area contributed by atoms with Crippen LogP contribution in [0, 0.1) is 11.8 Å². The zero-order valence-electron chi connectivity index (χ0n) is 11.6. The maximum atomic E-state index is 12.3. The van der Waals surface area contributed by atoms with Gasteiger partial charge in [0, 0.05) is 11.8 Å².